The molecule has 0 unspecified atom stereocenters. The largest absolute Gasteiger partial charge is 0.466 e. The van der Waals surface area contributed by atoms with Crippen molar-refractivity contribution in [2.24, 2.45) is 5.92 Å². The van der Waals surface area contributed by atoms with Crippen LogP contribution in [0.1, 0.15) is 32.6 Å². The number of carbonyl (C=O) groups is 1. The van der Waals surface area contributed by atoms with E-state index in [0.29, 0.717) is 35.3 Å². The minimum Gasteiger partial charge on any atom is -0.466 e. The molecule has 0 bridgehead atoms. The summed E-state index contributed by atoms with van der Waals surface area (Å²) in [6.45, 7) is 2.23. The zero-order valence-corrected chi connectivity index (χ0v) is 16.1. The van der Waals surface area contributed by atoms with Gasteiger partial charge in [0.05, 0.1) is 30.6 Å². The molecule has 1 fully saturated rings. The molecular weight excluding hydrogens is 375 g/mol. The Bertz CT molecular complexity index is 1030. The van der Waals surface area contributed by atoms with Crippen LogP contribution in [0.3, 0.4) is 0 Å². The molecule has 0 aliphatic heterocycles. The van der Waals surface area contributed by atoms with Crippen molar-refractivity contribution in [3.05, 3.63) is 36.5 Å². The smallest absolute Gasteiger partial charge is 0.308 e. The Labute approximate surface area is 167 Å². The van der Waals surface area contributed by atoms with Gasteiger partial charge in [-0.25, -0.2) is 19.3 Å². The first-order valence-electron chi connectivity index (χ1n) is 9.73. The number of fused-ring (bicyclic) bond motifs is 1. The lowest BCUT2D eigenvalue weighted by atomic mass is 9.86. The Hall–Kier alpha value is -3.23. The van der Waals surface area contributed by atoms with Crippen LogP contribution in [0.2, 0.25) is 0 Å². The highest BCUT2D eigenvalue weighted by molar-refractivity contribution is 5.72. The van der Waals surface area contributed by atoms with Gasteiger partial charge in [0.15, 0.2) is 11.6 Å². The summed E-state index contributed by atoms with van der Waals surface area (Å²) in [4.78, 5) is 25.0. The van der Waals surface area contributed by atoms with Gasteiger partial charge in [0.1, 0.15) is 17.2 Å². The van der Waals surface area contributed by atoms with Crippen molar-refractivity contribution >= 4 is 23.1 Å². The van der Waals surface area contributed by atoms with Gasteiger partial charge in [0, 0.05) is 12.2 Å². The SMILES string of the molecule is CCOC(=O)[C@H]1CC[C@@H](Nc2nc(-c3cnc4ccc(F)cn34)ncc2N)CC1. The van der Waals surface area contributed by atoms with Gasteiger partial charge in [-0.3, -0.25) is 9.20 Å². The van der Waals surface area contributed by atoms with Gasteiger partial charge in [-0.05, 0) is 44.7 Å². The molecule has 0 amide bonds. The summed E-state index contributed by atoms with van der Waals surface area (Å²) in [5, 5.41) is 3.37. The first-order valence-corrected chi connectivity index (χ1v) is 9.73. The van der Waals surface area contributed by atoms with E-state index in [2.05, 4.69) is 20.3 Å². The molecule has 29 heavy (non-hydrogen) atoms. The molecular formula is C20H23FN6O2. The Balaban J connectivity index is 1.51. The van der Waals surface area contributed by atoms with Crippen LogP contribution in [0.5, 0.6) is 0 Å². The number of nitrogens with two attached hydrogens (primary N) is 1. The fourth-order valence-electron chi connectivity index (χ4n) is 3.68. The van der Waals surface area contributed by atoms with Crippen molar-refractivity contribution in [1.29, 1.82) is 0 Å². The summed E-state index contributed by atoms with van der Waals surface area (Å²) in [5.74, 6) is 0.402. The lowest BCUT2D eigenvalue weighted by Crippen LogP contribution is -2.30. The van der Waals surface area contributed by atoms with Crippen molar-refractivity contribution in [3.63, 3.8) is 0 Å². The first-order chi connectivity index (χ1) is 14.0. The lowest BCUT2D eigenvalue weighted by molar-refractivity contribution is -0.149. The molecule has 3 aromatic rings. The molecule has 152 valence electrons. The highest BCUT2D eigenvalue weighted by atomic mass is 19.1. The van der Waals surface area contributed by atoms with Gasteiger partial charge < -0.3 is 15.8 Å². The maximum absolute atomic E-state index is 13.6. The van der Waals surface area contributed by atoms with E-state index in [9.17, 15) is 9.18 Å². The van der Waals surface area contributed by atoms with E-state index < -0.39 is 0 Å². The predicted molar refractivity (Wildman–Crippen MR) is 107 cm³/mol. The van der Waals surface area contributed by atoms with Crippen molar-refractivity contribution in [3.8, 4) is 11.5 Å². The summed E-state index contributed by atoms with van der Waals surface area (Å²) < 4.78 is 20.4. The normalized spacial score (nSPS) is 19.2. The molecule has 0 spiro atoms. The minimum atomic E-state index is -0.371. The first kappa shape index (κ1) is 19.1. The van der Waals surface area contributed by atoms with E-state index in [-0.39, 0.29) is 23.7 Å². The molecule has 0 radical (unpaired) electrons. The van der Waals surface area contributed by atoms with Gasteiger partial charge in [-0.2, -0.15) is 0 Å². The van der Waals surface area contributed by atoms with Crippen molar-refractivity contribution in [1.82, 2.24) is 19.4 Å². The lowest BCUT2D eigenvalue weighted by Gasteiger charge is -2.28. The summed E-state index contributed by atoms with van der Waals surface area (Å²) in [7, 11) is 0. The number of nitrogens with zero attached hydrogens (tertiary/aromatic N) is 4. The Morgan fingerprint density at radius 3 is 2.83 bits per heavy atom. The van der Waals surface area contributed by atoms with E-state index in [1.165, 1.54) is 18.5 Å². The molecule has 8 nitrogen and oxygen atoms in total. The number of nitrogens with one attached hydrogen (secondary N) is 1. The molecule has 0 aromatic carbocycles. The predicted octanol–water partition coefficient (Wildman–Crippen LogP) is 3.05. The molecule has 0 saturated heterocycles. The fraction of sp³-hybridized carbons (Fsp3) is 0.400. The number of anilines is 2. The van der Waals surface area contributed by atoms with E-state index >= 15 is 0 Å². The van der Waals surface area contributed by atoms with E-state index in [4.69, 9.17) is 10.5 Å². The average Bonchev–Trinajstić information content (AvgIpc) is 3.13. The van der Waals surface area contributed by atoms with E-state index in [0.717, 1.165) is 25.7 Å². The third-order valence-electron chi connectivity index (χ3n) is 5.20. The van der Waals surface area contributed by atoms with Crippen LogP contribution in [-0.4, -0.2) is 38.0 Å². The van der Waals surface area contributed by atoms with Gasteiger partial charge >= 0.3 is 5.97 Å². The summed E-state index contributed by atoms with van der Waals surface area (Å²) in [5.41, 5.74) is 7.68. The molecule has 0 atom stereocenters. The van der Waals surface area contributed by atoms with Crippen LogP contribution >= 0.6 is 0 Å². The van der Waals surface area contributed by atoms with Crippen LogP contribution in [0.15, 0.2) is 30.7 Å². The summed E-state index contributed by atoms with van der Waals surface area (Å²) >= 11 is 0. The maximum Gasteiger partial charge on any atom is 0.308 e. The average molecular weight is 398 g/mol. The number of hydrogen-bond donors (Lipinski definition) is 2. The van der Waals surface area contributed by atoms with Gasteiger partial charge in [0.2, 0.25) is 0 Å². The molecule has 3 heterocycles. The fourth-order valence-corrected chi connectivity index (χ4v) is 3.68. The standard InChI is InChI=1S/C20H23FN6O2/c1-2-29-20(28)12-3-6-14(7-4-12)25-18-15(22)9-24-19(26-18)16-10-23-17-8-5-13(21)11-27(16)17/h5,8-12,14H,2-4,6-7,22H2,1H3,(H,24,25,26)/t12-,14+. The number of esters is 1. The van der Waals surface area contributed by atoms with Crippen LogP contribution < -0.4 is 11.1 Å². The molecule has 1 aliphatic rings. The van der Waals surface area contributed by atoms with Gasteiger partial charge in [-0.1, -0.05) is 0 Å². The van der Waals surface area contributed by atoms with Crippen molar-refractivity contribution < 1.29 is 13.9 Å². The molecule has 4 rings (SSSR count). The number of nitrogen functional groups attached to an aromatic ring is 1. The number of hydrogen-bond acceptors (Lipinski definition) is 7. The molecule has 1 aliphatic carbocycles. The number of carbonyl (C=O) groups excluding carboxylic acids is 1. The number of ether oxygens (including phenoxy) is 1. The zero-order chi connectivity index (χ0) is 20.4. The minimum absolute atomic E-state index is 0.0423. The Morgan fingerprint density at radius 2 is 2.07 bits per heavy atom. The van der Waals surface area contributed by atoms with Crippen molar-refractivity contribution in [2.45, 2.75) is 38.6 Å². The highest BCUT2D eigenvalue weighted by Gasteiger charge is 2.27. The quantitative estimate of drug-likeness (QED) is 0.636. The van der Waals surface area contributed by atoms with Crippen LogP contribution in [-0.2, 0) is 9.53 Å². The van der Waals surface area contributed by atoms with Crippen LogP contribution in [0.25, 0.3) is 17.2 Å². The third kappa shape index (κ3) is 3.98. The number of halogens is 1. The molecule has 9 heteroatoms. The van der Waals surface area contributed by atoms with E-state index in [1.54, 1.807) is 16.7 Å². The van der Waals surface area contributed by atoms with Gasteiger partial charge in [-0.15, -0.1) is 0 Å². The second-order valence-electron chi connectivity index (χ2n) is 7.16. The van der Waals surface area contributed by atoms with Crippen LogP contribution in [0.4, 0.5) is 15.9 Å². The number of imidazole rings is 1. The number of aromatic nitrogens is 4. The zero-order valence-electron chi connectivity index (χ0n) is 16.1. The number of pyridine rings is 1. The topological polar surface area (TPSA) is 107 Å². The molecule has 3 N–H and O–H groups in total. The van der Waals surface area contributed by atoms with E-state index in [1.807, 2.05) is 6.92 Å². The highest BCUT2D eigenvalue weighted by Crippen LogP contribution is 2.29. The monoisotopic (exact) mass is 398 g/mol. The Morgan fingerprint density at radius 1 is 1.28 bits per heavy atom. The second kappa shape index (κ2) is 8.02. The number of rotatable bonds is 5. The maximum atomic E-state index is 13.6. The Kier molecular flexibility index (Phi) is 5.28. The van der Waals surface area contributed by atoms with Gasteiger partial charge in [0.25, 0.3) is 0 Å². The molecule has 3 aromatic heterocycles. The second-order valence-corrected chi connectivity index (χ2v) is 7.16. The summed E-state index contributed by atoms with van der Waals surface area (Å²) in [6, 6.07) is 3.11. The van der Waals surface area contributed by atoms with Crippen LogP contribution in [0, 0.1) is 11.7 Å². The third-order valence-corrected chi connectivity index (χ3v) is 5.20. The van der Waals surface area contributed by atoms with Crippen molar-refractivity contribution in [2.75, 3.05) is 17.7 Å². The molecule has 1 saturated carbocycles. The summed E-state index contributed by atoms with van der Waals surface area (Å²) in [6.07, 6.45) is 7.66.